The zero-order chi connectivity index (χ0) is 10.8. The molecule has 0 atom stereocenters. The van der Waals surface area contributed by atoms with E-state index < -0.39 is 17.4 Å². The number of carbonyl (C=O) groups is 1. The normalized spacial score (nSPS) is 10.3. The van der Waals surface area contributed by atoms with Crippen LogP contribution in [0.1, 0.15) is 15.2 Å². The lowest BCUT2D eigenvalue weighted by molar-refractivity contribution is 0.103. The minimum Gasteiger partial charge on any atom is -0.288 e. The van der Waals surface area contributed by atoms with E-state index in [2.05, 4.69) is 0 Å². The Morgan fingerprint density at radius 2 is 1.93 bits per heavy atom. The fourth-order valence-corrected chi connectivity index (χ4v) is 1.90. The van der Waals surface area contributed by atoms with Crippen molar-refractivity contribution < 1.29 is 13.6 Å². The molecule has 0 aliphatic heterocycles. The first-order valence-electron chi connectivity index (χ1n) is 4.22. The van der Waals surface area contributed by atoms with E-state index in [0.29, 0.717) is 4.88 Å². The van der Waals surface area contributed by atoms with E-state index in [0.717, 1.165) is 6.07 Å². The van der Waals surface area contributed by atoms with E-state index in [4.69, 9.17) is 0 Å². The number of carbonyl (C=O) groups excluding carboxylic acids is 1. The molecule has 1 nitrogen and oxygen atoms in total. The van der Waals surface area contributed by atoms with Gasteiger partial charge in [0.25, 0.3) is 0 Å². The Morgan fingerprint density at radius 3 is 2.60 bits per heavy atom. The summed E-state index contributed by atoms with van der Waals surface area (Å²) in [6.45, 7) is 0. The second-order valence-electron chi connectivity index (χ2n) is 2.91. The fourth-order valence-electron chi connectivity index (χ4n) is 1.22. The van der Waals surface area contributed by atoms with Crippen LogP contribution < -0.4 is 0 Å². The van der Waals surface area contributed by atoms with Gasteiger partial charge in [-0.05, 0) is 23.6 Å². The van der Waals surface area contributed by atoms with Crippen LogP contribution in [0.5, 0.6) is 0 Å². The Labute approximate surface area is 89.0 Å². The largest absolute Gasteiger partial charge is 0.288 e. The smallest absolute Gasteiger partial charge is 0.205 e. The molecule has 1 aromatic heterocycles. The molecule has 0 saturated heterocycles. The molecule has 1 aromatic carbocycles. The van der Waals surface area contributed by atoms with Crippen LogP contribution in [0, 0.1) is 11.6 Å². The van der Waals surface area contributed by atoms with Crippen LogP contribution in [0.4, 0.5) is 8.78 Å². The van der Waals surface area contributed by atoms with Gasteiger partial charge in [0.2, 0.25) is 5.78 Å². The Hall–Kier alpha value is -1.55. The Bertz CT molecular complexity index is 491. The molecule has 0 amide bonds. The highest BCUT2D eigenvalue weighted by Gasteiger charge is 2.16. The highest BCUT2D eigenvalue weighted by atomic mass is 32.1. The topological polar surface area (TPSA) is 17.1 Å². The van der Waals surface area contributed by atoms with Gasteiger partial charge in [0, 0.05) is 0 Å². The Morgan fingerprint density at radius 1 is 1.13 bits per heavy atom. The Balaban J connectivity index is 2.47. The van der Waals surface area contributed by atoms with Gasteiger partial charge >= 0.3 is 0 Å². The standard InChI is InChI=1S/C11H6F2OS/c12-8-4-1-3-7(10(8)13)11(14)9-5-2-6-15-9/h1-6H. The molecule has 2 aromatic rings. The monoisotopic (exact) mass is 224 g/mol. The first-order valence-corrected chi connectivity index (χ1v) is 5.10. The number of halogens is 2. The first kappa shape index (κ1) is 9.98. The molecule has 0 fully saturated rings. The number of rotatable bonds is 2. The summed E-state index contributed by atoms with van der Waals surface area (Å²) in [4.78, 5) is 12.1. The van der Waals surface area contributed by atoms with Crippen LogP contribution in [0.25, 0.3) is 0 Å². The number of thiophene rings is 1. The number of hydrogen-bond donors (Lipinski definition) is 0. The van der Waals surface area contributed by atoms with E-state index in [-0.39, 0.29) is 5.56 Å². The fraction of sp³-hybridized carbons (Fsp3) is 0. The van der Waals surface area contributed by atoms with Gasteiger partial charge in [-0.3, -0.25) is 4.79 Å². The molecule has 0 N–H and O–H groups in total. The molecule has 0 radical (unpaired) electrons. The second-order valence-corrected chi connectivity index (χ2v) is 3.86. The molecule has 2 rings (SSSR count). The molecule has 0 aliphatic carbocycles. The van der Waals surface area contributed by atoms with Crippen LogP contribution in [0.15, 0.2) is 35.7 Å². The van der Waals surface area contributed by atoms with Crippen LogP contribution in [0.3, 0.4) is 0 Å². The minimum absolute atomic E-state index is 0.225. The van der Waals surface area contributed by atoms with Gasteiger partial charge < -0.3 is 0 Å². The van der Waals surface area contributed by atoms with Crippen molar-refractivity contribution in [1.82, 2.24) is 0 Å². The summed E-state index contributed by atoms with van der Waals surface area (Å²) < 4.78 is 26.1. The third kappa shape index (κ3) is 1.80. The summed E-state index contributed by atoms with van der Waals surface area (Å²) in [6.07, 6.45) is 0. The van der Waals surface area contributed by atoms with Crippen molar-refractivity contribution in [3.63, 3.8) is 0 Å². The zero-order valence-corrected chi connectivity index (χ0v) is 8.35. The van der Waals surface area contributed by atoms with E-state index in [1.54, 1.807) is 17.5 Å². The number of hydrogen-bond acceptors (Lipinski definition) is 2. The summed E-state index contributed by atoms with van der Waals surface area (Å²) in [5.41, 5.74) is -0.225. The maximum absolute atomic E-state index is 13.3. The van der Waals surface area contributed by atoms with Crippen molar-refractivity contribution in [1.29, 1.82) is 0 Å². The maximum atomic E-state index is 13.3. The lowest BCUT2D eigenvalue weighted by Gasteiger charge is -2.00. The third-order valence-corrected chi connectivity index (χ3v) is 2.81. The van der Waals surface area contributed by atoms with Crippen LogP contribution in [-0.2, 0) is 0 Å². The molecule has 15 heavy (non-hydrogen) atoms. The van der Waals surface area contributed by atoms with Gasteiger partial charge in [0.05, 0.1) is 10.4 Å². The summed E-state index contributed by atoms with van der Waals surface area (Å²) in [6, 6.07) is 6.85. The van der Waals surface area contributed by atoms with Gasteiger partial charge in [-0.1, -0.05) is 12.1 Å². The van der Waals surface area contributed by atoms with Gasteiger partial charge in [-0.15, -0.1) is 11.3 Å². The molecular formula is C11H6F2OS. The highest BCUT2D eigenvalue weighted by molar-refractivity contribution is 7.12. The molecule has 1 heterocycles. The van der Waals surface area contributed by atoms with Crippen molar-refractivity contribution in [2.75, 3.05) is 0 Å². The van der Waals surface area contributed by atoms with Gasteiger partial charge in [-0.25, -0.2) is 8.78 Å². The highest BCUT2D eigenvalue weighted by Crippen LogP contribution is 2.18. The lowest BCUT2D eigenvalue weighted by Crippen LogP contribution is -2.03. The lowest BCUT2D eigenvalue weighted by atomic mass is 10.1. The van der Waals surface area contributed by atoms with Gasteiger partial charge in [0.1, 0.15) is 0 Å². The summed E-state index contributed by atoms with van der Waals surface area (Å²) in [7, 11) is 0. The zero-order valence-electron chi connectivity index (χ0n) is 7.54. The van der Waals surface area contributed by atoms with Gasteiger partial charge in [-0.2, -0.15) is 0 Å². The Kier molecular flexibility index (Phi) is 2.60. The minimum atomic E-state index is -1.09. The summed E-state index contributed by atoms with van der Waals surface area (Å²) in [5.74, 6) is -2.57. The van der Waals surface area contributed by atoms with Crippen LogP contribution in [-0.4, -0.2) is 5.78 Å². The number of benzene rings is 1. The van der Waals surface area contributed by atoms with E-state index in [1.807, 2.05) is 0 Å². The van der Waals surface area contributed by atoms with Crippen molar-refractivity contribution in [3.05, 3.63) is 57.8 Å². The maximum Gasteiger partial charge on any atom is 0.205 e. The van der Waals surface area contributed by atoms with E-state index in [9.17, 15) is 13.6 Å². The second kappa shape index (κ2) is 3.90. The molecule has 0 unspecified atom stereocenters. The summed E-state index contributed by atoms with van der Waals surface area (Å²) >= 11 is 1.20. The predicted octanol–water partition coefficient (Wildman–Crippen LogP) is 3.26. The molecule has 76 valence electrons. The summed E-state index contributed by atoms with van der Waals surface area (Å²) in [5, 5.41) is 1.71. The molecular weight excluding hydrogens is 218 g/mol. The third-order valence-electron chi connectivity index (χ3n) is 1.94. The van der Waals surface area contributed by atoms with Crippen molar-refractivity contribution in [2.24, 2.45) is 0 Å². The van der Waals surface area contributed by atoms with E-state index in [1.165, 1.54) is 23.5 Å². The molecule has 4 heteroatoms. The van der Waals surface area contributed by atoms with Crippen LogP contribution in [0.2, 0.25) is 0 Å². The SMILES string of the molecule is O=C(c1cccs1)c1cccc(F)c1F. The van der Waals surface area contributed by atoms with Crippen molar-refractivity contribution in [3.8, 4) is 0 Å². The average molecular weight is 224 g/mol. The van der Waals surface area contributed by atoms with Crippen molar-refractivity contribution >= 4 is 17.1 Å². The molecule has 0 aliphatic rings. The predicted molar refractivity (Wildman–Crippen MR) is 54.1 cm³/mol. The average Bonchev–Trinajstić information content (AvgIpc) is 2.74. The number of ketones is 1. The van der Waals surface area contributed by atoms with E-state index >= 15 is 0 Å². The molecule has 0 saturated carbocycles. The van der Waals surface area contributed by atoms with Crippen LogP contribution >= 0.6 is 11.3 Å². The van der Waals surface area contributed by atoms with Gasteiger partial charge in [0.15, 0.2) is 11.6 Å². The molecule has 0 spiro atoms. The quantitative estimate of drug-likeness (QED) is 0.715. The first-order chi connectivity index (χ1) is 7.20. The van der Waals surface area contributed by atoms with Crippen molar-refractivity contribution in [2.45, 2.75) is 0 Å². The molecule has 0 bridgehead atoms.